The molecule has 1 aliphatic heterocycles. The molecule has 1 aromatic rings. The number of aliphatic hydroxyl groups is 1. The van der Waals surface area contributed by atoms with E-state index >= 15 is 0 Å². The summed E-state index contributed by atoms with van der Waals surface area (Å²) < 4.78 is 11.6. The van der Waals surface area contributed by atoms with E-state index in [1.165, 1.54) is 0 Å². The quantitative estimate of drug-likeness (QED) is 0.708. The molecule has 1 aromatic heterocycles. The van der Waals surface area contributed by atoms with Crippen LogP contribution in [0.1, 0.15) is 46.4 Å². The summed E-state index contributed by atoms with van der Waals surface area (Å²) in [6.45, 7) is 13.2. The highest BCUT2D eigenvalue weighted by molar-refractivity contribution is 6.47. The van der Waals surface area contributed by atoms with Crippen molar-refractivity contribution in [3.05, 3.63) is 18.0 Å². The van der Waals surface area contributed by atoms with Crippen molar-refractivity contribution in [2.45, 2.75) is 51.9 Å². The Bertz CT molecular complexity index is 569. The van der Waals surface area contributed by atoms with Gasteiger partial charge in [-0.1, -0.05) is 0 Å². The van der Waals surface area contributed by atoms with E-state index in [0.717, 1.165) is 43.0 Å². The SMILES string of the molecule is CO[C@@H](C)c1ncc(N2CCNCC2)cc1BOC(C)(C)C(C)(C)O. The number of nitrogens with one attached hydrogen (secondary N) is 1. The van der Waals surface area contributed by atoms with Crippen LogP contribution >= 0.6 is 0 Å². The number of rotatable bonds is 7. The third kappa shape index (κ3) is 4.94. The van der Waals surface area contributed by atoms with Crippen LogP contribution in [0, 0.1) is 0 Å². The molecule has 2 N–H and O–H groups in total. The molecule has 0 unspecified atom stereocenters. The summed E-state index contributed by atoms with van der Waals surface area (Å²) in [5.74, 6) is 0. The Kier molecular flexibility index (Phi) is 6.48. The highest BCUT2D eigenvalue weighted by Crippen LogP contribution is 2.25. The van der Waals surface area contributed by atoms with E-state index in [1.54, 1.807) is 21.0 Å². The zero-order chi connectivity index (χ0) is 18.7. The number of anilines is 1. The van der Waals surface area contributed by atoms with Crippen molar-refractivity contribution in [2.75, 3.05) is 38.2 Å². The Morgan fingerprint density at radius 1 is 1.28 bits per heavy atom. The van der Waals surface area contributed by atoms with Gasteiger partial charge in [-0.25, -0.2) is 0 Å². The number of pyridine rings is 1. The van der Waals surface area contributed by atoms with Crippen molar-refractivity contribution in [2.24, 2.45) is 0 Å². The average molecular weight is 349 g/mol. The molecule has 1 atom stereocenters. The maximum atomic E-state index is 10.3. The highest BCUT2D eigenvalue weighted by Gasteiger charge is 2.36. The molecular formula is C18H32BN3O3. The second kappa shape index (κ2) is 8.04. The first kappa shape index (κ1) is 20.2. The van der Waals surface area contributed by atoms with E-state index in [-0.39, 0.29) is 6.10 Å². The smallest absolute Gasteiger partial charge is 0.311 e. The third-order valence-electron chi connectivity index (χ3n) is 5.27. The minimum absolute atomic E-state index is 0.110. The molecule has 0 aromatic carbocycles. The van der Waals surface area contributed by atoms with Crippen molar-refractivity contribution < 1.29 is 14.5 Å². The van der Waals surface area contributed by atoms with Gasteiger partial charge in [0.1, 0.15) is 0 Å². The van der Waals surface area contributed by atoms with Gasteiger partial charge in [-0.15, -0.1) is 0 Å². The molecule has 0 saturated carbocycles. The maximum Gasteiger partial charge on any atom is 0.311 e. The second-order valence-corrected chi connectivity index (χ2v) is 7.71. The van der Waals surface area contributed by atoms with Crippen molar-refractivity contribution in [3.8, 4) is 0 Å². The van der Waals surface area contributed by atoms with Crippen molar-refractivity contribution in [3.63, 3.8) is 0 Å². The van der Waals surface area contributed by atoms with Gasteiger partial charge in [0.2, 0.25) is 0 Å². The van der Waals surface area contributed by atoms with Crippen LogP contribution in [0.2, 0.25) is 0 Å². The number of hydrogen-bond acceptors (Lipinski definition) is 6. The van der Waals surface area contributed by atoms with Crippen molar-refractivity contribution in [1.29, 1.82) is 0 Å². The lowest BCUT2D eigenvalue weighted by molar-refractivity contribution is -0.0893. The van der Waals surface area contributed by atoms with Gasteiger partial charge in [-0.05, 0) is 46.1 Å². The van der Waals surface area contributed by atoms with Crippen LogP contribution in [0.4, 0.5) is 5.69 Å². The first-order valence-electron chi connectivity index (χ1n) is 8.99. The number of nitrogens with zero attached hydrogens (tertiary/aromatic N) is 2. The number of ether oxygens (including phenoxy) is 1. The van der Waals surface area contributed by atoms with Gasteiger partial charge in [0, 0.05) is 33.3 Å². The van der Waals surface area contributed by atoms with Gasteiger partial charge >= 0.3 is 7.48 Å². The lowest BCUT2D eigenvalue weighted by atomic mass is 9.80. The van der Waals surface area contributed by atoms with E-state index in [4.69, 9.17) is 9.39 Å². The molecule has 0 bridgehead atoms. The summed E-state index contributed by atoms with van der Waals surface area (Å²) in [5.41, 5.74) is 1.37. The number of hydrogen-bond donors (Lipinski definition) is 2. The molecule has 7 heteroatoms. The van der Waals surface area contributed by atoms with E-state index in [0.29, 0.717) is 7.48 Å². The fourth-order valence-corrected chi connectivity index (χ4v) is 2.63. The molecule has 0 radical (unpaired) electrons. The molecule has 1 saturated heterocycles. The predicted octanol–water partition coefficient (Wildman–Crippen LogP) is 0.742. The van der Waals surface area contributed by atoms with Crippen LogP contribution in [0.3, 0.4) is 0 Å². The van der Waals surface area contributed by atoms with Gasteiger partial charge in [-0.2, -0.15) is 0 Å². The molecule has 140 valence electrons. The maximum absolute atomic E-state index is 10.3. The van der Waals surface area contributed by atoms with Gasteiger partial charge < -0.3 is 24.7 Å². The third-order valence-corrected chi connectivity index (χ3v) is 5.27. The minimum Gasteiger partial charge on any atom is -0.427 e. The summed E-state index contributed by atoms with van der Waals surface area (Å²) >= 11 is 0. The summed E-state index contributed by atoms with van der Waals surface area (Å²) in [7, 11) is 2.06. The Morgan fingerprint density at radius 2 is 1.92 bits per heavy atom. The number of aromatic nitrogens is 1. The standard InChI is InChI=1S/C18H32BN3O3/c1-13(24-6)16-15(19-25-18(4,5)17(2,3)23)11-14(12-21-16)22-9-7-20-8-10-22/h11-13,19-20,23H,7-10H2,1-6H3/t13-/m0/s1. The van der Waals surface area contributed by atoms with Gasteiger partial charge in [-0.3, -0.25) is 4.98 Å². The van der Waals surface area contributed by atoms with Crippen LogP contribution in [-0.2, 0) is 9.39 Å². The molecule has 0 spiro atoms. The average Bonchev–Trinajstić information content (AvgIpc) is 2.59. The molecule has 1 fully saturated rings. The van der Waals surface area contributed by atoms with E-state index in [1.807, 2.05) is 27.0 Å². The zero-order valence-corrected chi connectivity index (χ0v) is 16.4. The molecule has 1 aliphatic rings. The van der Waals surface area contributed by atoms with Crippen LogP contribution in [-0.4, -0.2) is 62.1 Å². The molecular weight excluding hydrogens is 317 g/mol. The number of piperazine rings is 1. The molecule has 6 nitrogen and oxygen atoms in total. The number of methoxy groups -OCH3 is 1. The Morgan fingerprint density at radius 3 is 2.48 bits per heavy atom. The van der Waals surface area contributed by atoms with E-state index in [9.17, 15) is 5.11 Å². The Labute approximate surface area is 152 Å². The fourth-order valence-electron chi connectivity index (χ4n) is 2.63. The molecule has 25 heavy (non-hydrogen) atoms. The van der Waals surface area contributed by atoms with E-state index in [2.05, 4.69) is 21.3 Å². The van der Waals surface area contributed by atoms with Crippen LogP contribution in [0.25, 0.3) is 0 Å². The van der Waals surface area contributed by atoms with Crippen molar-refractivity contribution >= 4 is 18.6 Å². The Balaban J connectivity index is 2.25. The first-order valence-corrected chi connectivity index (χ1v) is 8.99. The predicted molar refractivity (Wildman–Crippen MR) is 103 cm³/mol. The van der Waals surface area contributed by atoms with Crippen LogP contribution < -0.4 is 15.7 Å². The monoisotopic (exact) mass is 349 g/mol. The lowest BCUT2D eigenvalue weighted by Crippen LogP contribution is -2.49. The molecule has 2 rings (SSSR count). The van der Waals surface area contributed by atoms with Gasteiger partial charge in [0.05, 0.1) is 34.9 Å². The molecule has 0 amide bonds. The first-order chi connectivity index (χ1) is 11.7. The van der Waals surface area contributed by atoms with E-state index < -0.39 is 11.2 Å². The minimum atomic E-state index is -0.941. The largest absolute Gasteiger partial charge is 0.427 e. The zero-order valence-electron chi connectivity index (χ0n) is 16.4. The van der Waals surface area contributed by atoms with Gasteiger partial charge in [0.25, 0.3) is 0 Å². The normalized spacial score (nSPS) is 17.5. The van der Waals surface area contributed by atoms with Crippen molar-refractivity contribution in [1.82, 2.24) is 10.3 Å². The molecule has 2 heterocycles. The van der Waals surface area contributed by atoms with Crippen LogP contribution in [0.15, 0.2) is 12.3 Å². The Hall–Kier alpha value is -1.15. The summed E-state index contributed by atoms with van der Waals surface area (Å²) in [6, 6.07) is 2.14. The fraction of sp³-hybridized carbons (Fsp3) is 0.722. The molecule has 0 aliphatic carbocycles. The topological polar surface area (TPSA) is 66.9 Å². The van der Waals surface area contributed by atoms with Crippen LogP contribution in [0.5, 0.6) is 0 Å². The van der Waals surface area contributed by atoms with Gasteiger partial charge in [0.15, 0.2) is 0 Å². The summed E-state index contributed by atoms with van der Waals surface area (Å²) in [4.78, 5) is 6.99. The summed E-state index contributed by atoms with van der Waals surface area (Å²) in [5, 5.41) is 13.7. The lowest BCUT2D eigenvalue weighted by Gasteiger charge is -2.38. The highest BCUT2D eigenvalue weighted by atomic mass is 16.5. The second-order valence-electron chi connectivity index (χ2n) is 7.71. The summed E-state index contributed by atoms with van der Waals surface area (Å²) in [6.07, 6.45) is 1.81.